The summed E-state index contributed by atoms with van der Waals surface area (Å²) >= 11 is 3.49. The molecule has 0 radical (unpaired) electrons. The van der Waals surface area contributed by atoms with Gasteiger partial charge in [-0.2, -0.15) is 10.1 Å². The molecule has 0 unspecified atom stereocenters. The number of carbonyl (C=O) groups excluding carboxylic acids is 3. The number of nitrogens with one attached hydrogen (secondary N) is 1. The predicted molar refractivity (Wildman–Crippen MR) is 138 cm³/mol. The smallest absolute Gasteiger partial charge is 0.262 e. The van der Waals surface area contributed by atoms with E-state index < -0.39 is 0 Å². The van der Waals surface area contributed by atoms with Gasteiger partial charge in [0, 0.05) is 15.7 Å². The van der Waals surface area contributed by atoms with Gasteiger partial charge in [0.25, 0.3) is 17.7 Å². The third-order valence-electron chi connectivity index (χ3n) is 6.90. The van der Waals surface area contributed by atoms with Gasteiger partial charge in [0.15, 0.2) is 18.1 Å². The number of hydrogen-bond acceptors (Lipinski definition) is 6. The van der Waals surface area contributed by atoms with Crippen LogP contribution in [-0.4, -0.2) is 42.2 Å². The normalized spacial score (nSPS) is 24.0. The number of imide groups is 1. The lowest BCUT2D eigenvalue weighted by molar-refractivity contribution is -0.140. The van der Waals surface area contributed by atoms with E-state index in [1.165, 1.54) is 6.21 Å². The zero-order valence-corrected chi connectivity index (χ0v) is 21.5. The summed E-state index contributed by atoms with van der Waals surface area (Å²) in [5.41, 5.74) is 2.28. The second-order valence-corrected chi connectivity index (χ2v) is 9.99. The number of fused-ring (bicyclic) bond motifs is 5. The molecule has 2 aliphatic carbocycles. The molecule has 1 N–H and O–H groups in total. The Labute approximate surface area is 217 Å². The molecule has 0 aromatic heterocycles. The van der Waals surface area contributed by atoms with Crippen LogP contribution in [0.5, 0.6) is 11.5 Å². The van der Waals surface area contributed by atoms with Gasteiger partial charge in [-0.1, -0.05) is 30.4 Å². The van der Waals surface area contributed by atoms with Crippen molar-refractivity contribution in [2.24, 2.45) is 28.8 Å². The lowest BCUT2D eigenvalue weighted by Crippen LogP contribution is -2.28. The molecule has 186 valence electrons. The minimum absolute atomic E-state index is 0.132. The Hall–Kier alpha value is -3.46. The van der Waals surface area contributed by atoms with Crippen molar-refractivity contribution in [3.63, 3.8) is 0 Å². The third kappa shape index (κ3) is 4.43. The molecule has 3 aliphatic rings. The Morgan fingerprint density at radius 3 is 2.44 bits per heavy atom. The summed E-state index contributed by atoms with van der Waals surface area (Å²) in [6, 6.07) is 10.9. The van der Waals surface area contributed by atoms with Crippen LogP contribution in [0, 0.1) is 30.6 Å². The molecule has 1 aliphatic heterocycles. The van der Waals surface area contributed by atoms with Crippen LogP contribution in [0.4, 0.5) is 5.69 Å². The van der Waals surface area contributed by atoms with Crippen molar-refractivity contribution in [3.8, 4) is 11.5 Å². The van der Waals surface area contributed by atoms with Gasteiger partial charge in [-0.05, 0) is 71.8 Å². The third-order valence-corrected chi connectivity index (χ3v) is 7.59. The van der Waals surface area contributed by atoms with E-state index in [1.807, 2.05) is 38.1 Å². The van der Waals surface area contributed by atoms with Gasteiger partial charge in [-0.3, -0.25) is 14.4 Å². The summed E-state index contributed by atoms with van der Waals surface area (Å²) in [5, 5.41) is 8.09. The van der Waals surface area contributed by atoms with Crippen LogP contribution in [0.3, 0.4) is 0 Å². The Bertz CT molecular complexity index is 1260. The molecule has 0 spiro atoms. The van der Waals surface area contributed by atoms with E-state index in [4.69, 9.17) is 9.47 Å². The number of rotatable bonds is 8. The van der Waals surface area contributed by atoms with E-state index in [-0.39, 0.29) is 48.0 Å². The molecule has 3 amide bonds. The number of benzene rings is 2. The molecule has 2 aromatic rings. The molecule has 1 heterocycles. The number of allylic oxidation sites excluding steroid dienone is 2. The van der Waals surface area contributed by atoms with Crippen molar-refractivity contribution < 1.29 is 23.9 Å². The maximum absolute atomic E-state index is 12.9. The van der Waals surface area contributed by atoms with Crippen molar-refractivity contribution >= 4 is 45.6 Å². The van der Waals surface area contributed by atoms with E-state index in [0.29, 0.717) is 28.1 Å². The van der Waals surface area contributed by atoms with Crippen LogP contribution < -0.4 is 14.8 Å². The van der Waals surface area contributed by atoms with E-state index in [0.717, 1.165) is 22.7 Å². The molecule has 2 aromatic carbocycles. The average molecular weight is 552 g/mol. The number of hydrazone groups is 1. The zero-order chi connectivity index (χ0) is 25.4. The predicted octanol–water partition coefficient (Wildman–Crippen LogP) is 4.31. The standard InChI is InChI=1S/C27H26BrN3O5/c1-3-35-21-11-18(13-29-31-26(33)24-16-8-9-17(10-16)25(24)27(31)34)19(28)12-22(21)36-14-23(32)30-20-7-5-4-6-15(20)2/h4-9,11-13,16-17,24-25H,3,10,14H2,1-2H3,(H,30,32)/t16-,17-,24-,25+/m0/s1. The Morgan fingerprint density at radius 2 is 1.78 bits per heavy atom. The second-order valence-electron chi connectivity index (χ2n) is 9.14. The summed E-state index contributed by atoms with van der Waals surface area (Å²) < 4.78 is 12.1. The van der Waals surface area contributed by atoms with E-state index in [2.05, 4.69) is 38.5 Å². The number of anilines is 1. The number of aryl methyl sites for hydroxylation is 1. The minimum atomic E-state index is -0.298. The first-order chi connectivity index (χ1) is 17.4. The van der Waals surface area contributed by atoms with Crippen molar-refractivity contribution in [2.75, 3.05) is 18.5 Å². The highest BCUT2D eigenvalue weighted by Gasteiger charge is 2.59. The van der Waals surface area contributed by atoms with Crippen LogP contribution in [0.1, 0.15) is 24.5 Å². The van der Waals surface area contributed by atoms with Gasteiger partial charge < -0.3 is 14.8 Å². The SMILES string of the molecule is CCOc1cc(C=NN2C(=O)[C@@H]3[C@H](C2=O)[C@H]2C=C[C@H]3C2)c(Br)cc1OCC(=O)Nc1ccccc1C. The molecule has 36 heavy (non-hydrogen) atoms. The van der Waals surface area contributed by atoms with Crippen LogP contribution in [-0.2, 0) is 14.4 Å². The highest BCUT2D eigenvalue weighted by molar-refractivity contribution is 9.10. The van der Waals surface area contributed by atoms with E-state index in [1.54, 1.807) is 12.1 Å². The van der Waals surface area contributed by atoms with Crippen molar-refractivity contribution in [1.82, 2.24) is 5.01 Å². The Kier molecular flexibility index (Phi) is 6.66. The number of amides is 3. The number of para-hydroxylation sites is 1. The number of nitrogens with zero attached hydrogens (tertiary/aromatic N) is 2. The summed E-state index contributed by atoms with van der Waals surface area (Å²) in [6.07, 6.45) is 6.44. The Morgan fingerprint density at radius 1 is 1.11 bits per heavy atom. The van der Waals surface area contributed by atoms with Crippen molar-refractivity contribution in [2.45, 2.75) is 20.3 Å². The average Bonchev–Trinajstić information content (AvgIpc) is 3.54. The van der Waals surface area contributed by atoms with E-state index >= 15 is 0 Å². The number of hydrogen-bond donors (Lipinski definition) is 1. The number of carbonyl (C=O) groups is 3. The second kappa shape index (κ2) is 9.89. The largest absolute Gasteiger partial charge is 0.490 e. The highest BCUT2D eigenvalue weighted by Crippen LogP contribution is 2.52. The fourth-order valence-electron chi connectivity index (χ4n) is 5.19. The Balaban J connectivity index is 1.29. The topological polar surface area (TPSA) is 97.3 Å². The fourth-order valence-corrected chi connectivity index (χ4v) is 5.62. The molecule has 4 atom stereocenters. The number of ether oxygens (including phenoxy) is 2. The molecular weight excluding hydrogens is 526 g/mol. The first-order valence-electron chi connectivity index (χ1n) is 11.9. The number of halogens is 1. The van der Waals surface area contributed by atoms with Gasteiger partial charge in [0.1, 0.15) is 0 Å². The fraction of sp³-hybridized carbons (Fsp3) is 0.333. The maximum atomic E-state index is 12.9. The van der Waals surface area contributed by atoms with Crippen LogP contribution in [0.25, 0.3) is 0 Å². The summed E-state index contributed by atoms with van der Waals surface area (Å²) in [5.74, 6) is -0.302. The van der Waals surface area contributed by atoms with Crippen LogP contribution in [0.2, 0.25) is 0 Å². The quantitative estimate of drug-likeness (QED) is 0.299. The molecule has 2 bridgehead atoms. The van der Waals surface area contributed by atoms with Gasteiger partial charge in [0.2, 0.25) is 0 Å². The molecule has 2 fully saturated rings. The molecule has 5 rings (SSSR count). The molecular formula is C27H26BrN3O5. The van der Waals surface area contributed by atoms with Gasteiger partial charge in [0.05, 0.1) is 24.7 Å². The minimum Gasteiger partial charge on any atom is -0.490 e. The molecule has 1 saturated carbocycles. The first-order valence-corrected chi connectivity index (χ1v) is 12.7. The first kappa shape index (κ1) is 24.2. The van der Waals surface area contributed by atoms with E-state index in [9.17, 15) is 14.4 Å². The maximum Gasteiger partial charge on any atom is 0.262 e. The molecule has 1 saturated heterocycles. The monoisotopic (exact) mass is 551 g/mol. The summed E-state index contributed by atoms with van der Waals surface area (Å²) in [7, 11) is 0. The van der Waals surface area contributed by atoms with Gasteiger partial charge in [-0.15, -0.1) is 0 Å². The van der Waals surface area contributed by atoms with Crippen LogP contribution in [0.15, 0.2) is 58.1 Å². The summed E-state index contributed by atoms with van der Waals surface area (Å²) in [6.45, 7) is 3.93. The highest BCUT2D eigenvalue weighted by atomic mass is 79.9. The zero-order valence-electron chi connectivity index (χ0n) is 19.9. The van der Waals surface area contributed by atoms with Crippen molar-refractivity contribution in [3.05, 3.63) is 64.1 Å². The van der Waals surface area contributed by atoms with Crippen molar-refractivity contribution in [1.29, 1.82) is 0 Å². The summed E-state index contributed by atoms with van der Waals surface area (Å²) in [4.78, 5) is 38.2. The van der Waals surface area contributed by atoms with Crippen LogP contribution >= 0.6 is 15.9 Å². The molecule has 8 nitrogen and oxygen atoms in total. The lowest BCUT2D eigenvalue weighted by atomic mass is 9.85. The molecule has 9 heteroatoms. The van der Waals surface area contributed by atoms with Gasteiger partial charge >= 0.3 is 0 Å². The lowest BCUT2D eigenvalue weighted by Gasteiger charge is -2.15. The van der Waals surface area contributed by atoms with Gasteiger partial charge in [-0.25, -0.2) is 0 Å².